The lowest BCUT2D eigenvalue weighted by molar-refractivity contribution is 0.400. The van der Waals surface area contributed by atoms with Gasteiger partial charge in [-0.15, -0.1) is 0 Å². The third-order valence-corrected chi connectivity index (χ3v) is 3.16. The summed E-state index contributed by atoms with van der Waals surface area (Å²) in [5, 5.41) is 3.40. The lowest BCUT2D eigenvalue weighted by atomic mass is 9.97. The maximum Gasteiger partial charge on any atom is 0.122 e. The molecule has 1 N–H and O–H groups in total. The van der Waals surface area contributed by atoms with Gasteiger partial charge < -0.3 is 10.1 Å². The van der Waals surface area contributed by atoms with Gasteiger partial charge in [-0.1, -0.05) is 32.0 Å². The molecule has 0 saturated heterocycles. The highest BCUT2D eigenvalue weighted by Crippen LogP contribution is 2.20. The molecule has 0 radical (unpaired) electrons. The fraction of sp³-hybridized carbons (Fsp3) is 0.600. The highest BCUT2D eigenvalue weighted by atomic mass is 16.5. The number of likely N-dealkylation sites (N-methyl/N-ethyl adjacent to an activating group) is 1. The molecule has 0 fully saturated rings. The summed E-state index contributed by atoms with van der Waals surface area (Å²) in [6.45, 7) is 4.55. The van der Waals surface area contributed by atoms with Crippen molar-refractivity contribution < 1.29 is 4.74 Å². The number of hydrogen-bond donors (Lipinski definition) is 1. The molecule has 0 aliphatic rings. The third kappa shape index (κ3) is 4.78. The summed E-state index contributed by atoms with van der Waals surface area (Å²) in [4.78, 5) is 0. The van der Waals surface area contributed by atoms with Crippen LogP contribution < -0.4 is 10.1 Å². The van der Waals surface area contributed by atoms with Crippen molar-refractivity contribution in [1.29, 1.82) is 0 Å². The number of benzene rings is 1. The molecule has 1 unspecified atom stereocenters. The van der Waals surface area contributed by atoms with Gasteiger partial charge in [0.1, 0.15) is 5.75 Å². The van der Waals surface area contributed by atoms with Gasteiger partial charge in [-0.2, -0.15) is 0 Å². The molecule has 96 valence electrons. The van der Waals surface area contributed by atoms with E-state index in [9.17, 15) is 0 Å². The van der Waals surface area contributed by atoms with Crippen LogP contribution in [0.1, 0.15) is 32.3 Å². The minimum absolute atomic E-state index is 0.536. The Balaban J connectivity index is 2.60. The van der Waals surface area contributed by atoms with Crippen molar-refractivity contribution >= 4 is 0 Å². The van der Waals surface area contributed by atoms with Gasteiger partial charge in [0.05, 0.1) is 7.11 Å². The van der Waals surface area contributed by atoms with E-state index in [1.165, 1.54) is 18.4 Å². The Morgan fingerprint density at radius 3 is 2.47 bits per heavy atom. The van der Waals surface area contributed by atoms with Gasteiger partial charge in [0.15, 0.2) is 0 Å². The molecular weight excluding hydrogens is 210 g/mol. The van der Waals surface area contributed by atoms with Crippen molar-refractivity contribution in [2.75, 3.05) is 14.2 Å². The molecule has 0 aromatic heterocycles. The lowest BCUT2D eigenvalue weighted by Crippen LogP contribution is -2.28. The number of hydrogen-bond acceptors (Lipinski definition) is 2. The predicted octanol–water partition coefficient (Wildman–Crippen LogP) is 3.26. The molecule has 0 bridgehead atoms. The van der Waals surface area contributed by atoms with E-state index in [2.05, 4.69) is 31.3 Å². The predicted molar refractivity (Wildman–Crippen MR) is 73.6 cm³/mol. The molecule has 17 heavy (non-hydrogen) atoms. The van der Waals surface area contributed by atoms with Crippen LogP contribution in [0.25, 0.3) is 0 Å². The maximum atomic E-state index is 5.39. The Morgan fingerprint density at radius 2 is 1.88 bits per heavy atom. The Bertz CT molecular complexity index is 322. The van der Waals surface area contributed by atoms with E-state index in [-0.39, 0.29) is 0 Å². The first-order valence-electron chi connectivity index (χ1n) is 6.46. The van der Waals surface area contributed by atoms with Gasteiger partial charge in [0.2, 0.25) is 0 Å². The minimum Gasteiger partial charge on any atom is -0.496 e. The van der Waals surface area contributed by atoms with Gasteiger partial charge in [0, 0.05) is 6.04 Å². The van der Waals surface area contributed by atoms with Crippen LogP contribution in [0.15, 0.2) is 24.3 Å². The van der Waals surface area contributed by atoms with Crippen LogP contribution in [0.4, 0.5) is 0 Å². The maximum absolute atomic E-state index is 5.39. The van der Waals surface area contributed by atoms with Gasteiger partial charge in [-0.25, -0.2) is 0 Å². The van der Waals surface area contributed by atoms with Crippen LogP contribution >= 0.6 is 0 Å². The standard InChI is InChI=1S/C15H25NO/c1-12(2)9-10-14(16-3)11-13-7-5-6-8-15(13)17-4/h5-8,12,14,16H,9-11H2,1-4H3. The summed E-state index contributed by atoms with van der Waals surface area (Å²) in [7, 11) is 3.78. The van der Waals surface area contributed by atoms with Crippen LogP contribution in [-0.4, -0.2) is 20.2 Å². The Hall–Kier alpha value is -1.02. The van der Waals surface area contributed by atoms with E-state index in [1.54, 1.807) is 7.11 Å². The minimum atomic E-state index is 0.536. The molecule has 2 heteroatoms. The van der Waals surface area contributed by atoms with Crippen molar-refractivity contribution in [3.05, 3.63) is 29.8 Å². The summed E-state index contributed by atoms with van der Waals surface area (Å²) < 4.78 is 5.39. The van der Waals surface area contributed by atoms with Gasteiger partial charge >= 0.3 is 0 Å². The second kappa shape index (κ2) is 7.33. The van der Waals surface area contributed by atoms with Gasteiger partial charge in [0.25, 0.3) is 0 Å². The molecule has 0 heterocycles. The van der Waals surface area contributed by atoms with Crippen LogP contribution in [0.5, 0.6) is 5.75 Å². The Morgan fingerprint density at radius 1 is 1.18 bits per heavy atom. The smallest absolute Gasteiger partial charge is 0.122 e. The van der Waals surface area contributed by atoms with E-state index in [0.717, 1.165) is 18.1 Å². The van der Waals surface area contributed by atoms with E-state index in [1.807, 2.05) is 19.2 Å². The second-order valence-corrected chi connectivity index (χ2v) is 4.97. The average molecular weight is 235 g/mol. The fourth-order valence-corrected chi connectivity index (χ4v) is 2.02. The van der Waals surface area contributed by atoms with E-state index in [4.69, 9.17) is 4.74 Å². The van der Waals surface area contributed by atoms with Crippen molar-refractivity contribution in [2.45, 2.75) is 39.2 Å². The Kier molecular flexibility index (Phi) is 6.06. The molecule has 0 aliphatic carbocycles. The first-order chi connectivity index (χ1) is 8.17. The van der Waals surface area contributed by atoms with Crippen molar-refractivity contribution in [3.8, 4) is 5.75 Å². The molecule has 0 aliphatic heterocycles. The first kappa shape index (κ1) is 14.0. The molecule has 1 atom stereocenters. The number of rotatable bonds is 7. The zero-order valence-corrected chi connectivity index (χ0v) is 11.5. The number of nitrogens with one attached hydrogen (secondary N) is 1. The average Bonchev–Trinajstić information content (AvgIpc) is 2.34. The lowest BCUT2D eigenvalue weighted by Gasteiger charge is -2.18. The summed E-state index contributed by atoms with van der Waals surface area (Å²) >= 11 is 0. The number of para-hydroxylation sites is 1. The topological polar surface area (TPSA) is 21.3 Å². The number of methoxy groups -OCH3 is 1. The largest absolute Gasteiger partial charge is 0.496 e. The van der Waals surface area contributed by atoms with Gasteiger partial charge in [-0.05, 0) is 43.9 Å². The summed E-state index contributed by atoms with van der Waals surface area (Å²) in [6, 6.07) is 8.81. The third-order valence-electron chi connectivity index (χ3n) is 3.16. The van der Waals surface area contributed by atoms with Crippen LogP contribution in [0.3, 0.4) is 0 Å². The molecule has 0 saturated carbocycles. The molecule has 0 spiro atoms. The quantitative estimate of drug-likeness (QED) is 0.783. The molecular formula is C15H25NO. The van der Waals surface area contributed by atoms with Crippen molar-refractivity contribution in [3.63, 3.8) is 0 Å². The zero-order valence-electron chi connectivity index (χ0n) is 11.5. The second-order valence-electron chi connectivity index (χ2n) is 4.97. The van der Waals surface area contributed by atoms with Crippen LogP contribution in [0.2, 0.25) is 0 Å². The van der Waals surface area contributed by atoms with E-state index in [0.29, 0.717) is 6.04 Å². The van der Waals surface area contributed by atoms with E-state index >= 15 is 0 Å². The molecule has 1 aromatic carbocycles. The highest BCUT2D eigenvalue weighted by molar-refractivity contribution is 5.33. The normalized spacial score (nSPS) is 12.8. The van der Waals surface area contributed by atoms with Crippen molar-refractivity contribution in [2.24, 2.45) is 5.92 Å². The van der Waals surface area contributed by atoms with Crippen LogP contribution in [-0.2, 0) is 6.42 Å². The fourth-order valence-electron chi connectivity index (χ4n) is 2.02. The number of ether oxygens (including phenoxy) is 1. The van der Waals surface area contributed by atoms with E-state index < -0.39 is 0 Å². The zero-order chi connectivity index (χ0) is 12.7. The summed E-state index contributed by atoms with van der Waals surface area (Å²) in [6.07, 6.45) is 3.51. The summed E-state index contributed by atoms with van der Waals surface area (Å²) in [5.74, 6) is 1.76. The molecule has 1 aromatic rings. The van der Waals surface area contributed by atoms with Crippen molar-refractivity contribution in [1.82, 2.24) is 5.32 Å². The monoisotopic (exact) mass is 235 g/mol. The highest BCUT2D eigenvalue weighted by Gasteiger charge is 2.11. The first-order valence-corrected chi connectivity index (χ1v) is 6.46. The molecule has 0 amide bonds. The Labute approximate surface area is 105 Å². The molecule has 2 nitrogen and oxygen atoms in total. The van der Waals surface area contributed by atoms with Gasteiger partial charge in [-0.3, -0.25) is 0 Å². The summed E-state index contributed by atoms with van der Waals surface area (Å²) in [5.41, 5.74) is 1.29. The SMILES string of the molecule is CNC(CCC(C)C)Cc1ccccc1OC. The van der Waals surface area contributed by atoms with Crippen LogP contribution in [0, 0.1) is 5.92 Å². The molecule has 1 rings (SSSR count).